The maximum atomic E-state index is 12.9. The molecule has 150 valence electrons. The topological polar surface area (TPSA) is 75.7 Å². The average Bonchev–Trinajstić information content (AvgIpc) is 2.72. The van der Waals surface area contributed by atoms with Crippen molar-refractivity contribution in [3.63, 3.8) is 0 Å². The van der Waals surface area contributed by atoms with Crippen LogP contribution < -0.4 is 15.0 Å². The third kappa shape index (κ3) is 4.43. The molecule has 0 radical (unpaired) electrons. The van der Waals surface area contributed by atoms with Gasteiger partial charge in [0.2, 0.25) is 0 Å². The molecule has 1 heterocycles. The van der Waals surface area contributed by atoms with Gasteiger partial charge in [-0.1, -0.05) is 29.7 Å². The summed E-state index contributed by atoms with van der Waals surface area (Å²) >= 11 is 5.87. The molecule has 2 aromatic carbocycles. The van der Waals surface area contributed by atoms with Gasteiger partial charge in [-0.3, -0.25) is 14.9 Å². The highest BCUT2D eigenvalue weighted by molar-refractivity contribution is 6.39. The molecule has 0 unspecified atom stereocenters. The maximum Gasteiger partial charge on any atom is 0.335 e. The van der Waals surface area contributed by atoms with Crippen LogP contribution in [0.2, 0.25) is 5.02 Å². The number of benzene rings is 2. The van der Waals surface area contributed by atoms with Gasteiger partial charge in [0, 0.05) is 5.02 Å². The van der Waals surface area contributed by atoms with Crippen LogP contribution in [-0.4, -0.2) is 24.5 Å². The minimum atomic E-state index is -0.824. The van der Waals surface area contributed by atoms with Crippen LogP contribution in [0.4, 0.5) is 10.5 Å². The second-order valence-electron chi connectivity index (χ2n) is 6.29. The lowest BCUT2D eigenvalue weighted by molar-refractivity contribution is -0.122. The van der Waals surface area contributed by atoms with Gasteiger partial charge in [0.05, 0.1) is 5.69 Å². The number of barbiturate groups is 1. The zero-order chi connectivity index (χ0) is 21.7. The SMILES string of the molecule is C#CCOc1ccc(/C=C2\C(=O)NC(=O)N(c3ccc(Cl)cc3)C2=O)cc1CC=C. The second kappa shape index (κ2) is 9.12. The Bertz CT molecular complexity index is 1100. The molecule has 0 aromatic heterocycles. The number of hydrogen-bond acceptors (Lipinski definition) is 4. The molecule has 1 fully saturated rings. The first kappa shape index (κ1) is 20.9. The number of nitrogens with one attached hydrogen (secondary N) is 1. The van der Waals surface area contributed by atoms with E-state index in [1.807, 2.05) is 0 Å². The van der Waals surface area contributed by atoms with E-state index in [2.05, 4.69) is 17.8 Å². The molecular formula is C23H17ClN2O4. The number of ether oxygens (including phenoxy) is 1. The van der Waals surface area contributed by atoms with Crippen LogP contribution in [0, 0.1) is 12.3 Å². The van der Waals surface area contributed by atoms with E-state index in [1.54, 1.807) is 36.4 Å². The lowest BCUT2D eigenvalue weighted by Gasteiger charge is -2.26. The molecule has 0 bridgehead atoms. The van der Waals surface area contributed by atoms with Crippen molar-refractivity contribution in [3.05, 3.63) is 76.8 Å². The maximum absolute atomic E-state index is 12.9. The highest BCUT2D eigenvalue weighted by Crippen LogP contribution is 2.26. The van der Waals surface area contributed by atoms with E-state index < -0.39 is 17.8 Å². The number of nitrogens with zero attached hydrogens (tertiary/aromatic N) is 1. The molecule has 0 atom stereocenters. The summed E-state index contributed by atoms with van der Waals surface area (Å²) in [7, 11) is 0. The molecule has 1 N–H and O–H groups in total. The van der Waals surface area contributed by atoms with Crippen LogP contribution in [0.15, 0.2) is 60.7 Å². The average molecular weight is 421 g/mol. The molecule has 0 saturated carbocycles. The lowest BCUT2D eigenvalue weighted by Crippen LogP contribution is -2.54. The number of urea groups is 1. The predicted molar refractivity (Wildman–Crippen MR) is 115 cm³/mol. The van der Waals surface area contributed by atoms with E-state index >= 15 is 0 Å². The molecule has 7 heteroatoms. The Labute approximate surface area is 178 Å². The summed E-state index contributed by atoms with van der Waals surface area (Å²) in [5, 5.41) is 2.64. The second-order valence-corrected chi connectivity index (χ2v) is 6.72. The number of amides is 4. The largest absolute Gasteiger partial charge is 0.481 e. The fourth-order valence-electron chi connectivity index (χ4n) is 2.91. The number of anilines is 1. The molecule has 1 aliphatic rings. The number of carbonyl (C=O) groups excluding carboxylic acids is 3. The lowest BCUT2D eigenvalue weighted by atomic mass is 10.0. The van der Waals surface area contributed by atoms with Crippen LogP contribution in [0.25, 0.3) is 6.08 Å². The van der Waals surface area contributed by atoms with E-state index in [4.69, 9.17) is 22.8 Å². The first-order valence-electron chi connectivity index (χ1n) is 8.91. The minimum Gasteiger partial charge on any atom is -0.481 e. The van der Waals surface area contributed by atoms with Gasteiger partial charge in [0.1, 0.15) is 17.9 Å². The molecule has 3 rings (SSSR count). The number of carbonyl (C=O) groups is 3. The summed E-state index contributed by atoms with van der Waals surface area (Å²) in [5.41, 5.74) is 1.50. The fraction of sp³-hybridized carbons (Fsp3) is 0.0870. The van der Waals surface area contributed by atoms with Crippen LogP contribution in [-0.2, 0) is 16.0 Å². The van der Waals surface area contributed by atoms with Gasteiger partial charge in [-0.05, 0) is 60.0 Å². The highest BCUT2D eigenvalue weighted by atomic mass is 35.5. The van der Waals surface area contributed by atoms with Crippen molar-refractivity contribution in [2.75, 3.05) is 11.5 Å². The Morgan fingerprint density at radius 3 is 2.57 bits per heavy atom. The van der Waals surface area contributed by atoms with Crippen molar-refractivity contribution in [2.45, 2.75) is 6.42 Å². The van der Waals surface area contributed by atoms with Crippen molar-refractivity contribution in [1.82, 2.24) is 5.32 Å². The van der Waals surface area contributed by atoms with Gasteiger partial charge in [-0.2, -0.15) is 0 Å². The summed E-state index contributed by atoms with van der Waals surface area (Å²) in [6.07, 6.45) is 8.87. The third-order valence-electron chi connectivity index (χ3n) is 4.26. The first-order chi connectivity index (χ1) is 14.4. The molecule has 30 heavy (non-hydrogen) atoms. The molecule has 0 spiro atoms. The van der Waals surface area contributed by atoms with Crippen molar-refractivity contribution >= 4 is 41.2 Å². The smallest absolute Gasteiger partial charge is 0.335 e. The van der Waals surface area contributed by atoms with Gasteiger partial charge in [-0.25, -0.2) is 9.69 Å². The van der Waals surface area contributed by atoms with Crippen molar-refractivity contribution < 1.29 is 19.1 Å². The normalized spacial score (nSPS) is 15.0. The molecule has 1 aliphatic heterocycles. The van der Waals surface area contributed by atoms with Crippen molar-refractivity contribution in [3.8, 4) is 18.1 Å². The number of imide groups is 2. The van der Waals surface area contributed by atoms with E-state index in [-0.39, 0.29) is 12.2 Å². The highest BCUT2D eigenvalue weighted by Gasteiger charge is 2.36. The zero-order valence-electron chi connectivity index (χ0n) is 15.9. The molecule has 1 saturated heterocycles. The van der Waals surface area contributed by atoms with E-state index in [1.165, 1.54) is 18.2 Å². The summed E-state index contributed by atoms with van der Waals surface area (Å²) in [6.45, 7) is 3.84. The number of halogens is 1. The zero-order valence-corrected chi connectivity index (χ0v) is 16.6. The van der Waals surface area contributed by atoms with Crippen molar-refractivity contribution in [2.24, 2.45) is 0 Å². The summed E-state index contributed by atoms with van der Waals surface area (Å²) < 4.78 is 5.51. The number of allylic oxidation sites excluding steroid dienone is 1. The van der Waals surface area contributed by atoms with Gasteiger partial charge in [0.15, 0.2) is 0 Å². The van der Waals surface area contributed by atoms with Gasteiger partial charge in [-0.15, -0.1) is 13.0 Å². The molecule has 2 aromatic rings. The van der Waals surface area contributed by atoms with E-state index in [0.717, 1.165) is 10.5 Å². The Balaban J connectivity index is 1.97. The minimum absolute atomic E-state index is 0.115. The number of hydrogen-bond donors (Lipinski definition) is 1. The number of terminal acetylenes is 1. The van der Waals surface area contributed by atoms with Gasteiger partial charge in [0.25, 0.3) is 11.8 Å². The van der Waals surface area contributed by atoms with Crippen molar-refractivity contribution in [1.29, 1.82) is 0 Å². The third-order valence-corrected chi connectivity index (χ3v) is 4.51. The predicted octanol–water partition coefficient (Wildman–Crippen LogP) is 3.75. The van der Waals surface area contributed by atoms with Crippen LogP contribution in [0.5, 0.6) is 5.75 Å². The molecule has 6 nitrogen and oxygen atoms in total. The number of rotatable bonds is 6. The Kier molecular flexibility index (Phi) is 6.35. The standard InChI is InChI=1S/C23H17ClN2O4/c1-3-5-16-13-15(6-11-20(16)30-12-4-2)14-19-21(27)25-23(29)26(22(19)28)18-9-7-17(24)8-10-18/h2-3,6-11,13-14H,1,5,12H2,(H,25,27,29)/b19-14+. The van der Waals surface area contributed by atoms with Crippen LogP contribution in [0.3, 0.4) is 0 Å². The Hall–Kier alpha value is -3.82. The summed E-state index contributed by atoms with van der Waals surface area (Å²) in [5.74, 6) is 1.49. The van der Waals surface area contributed by atoms with E-state index in [9.17, 15) is 14.4 Å². The summed E-state index contributed by atoms with van der Waals surface area (Å²) in [4.78, 5) is 38.4. The quantitative estimate of drug-likeness (QED) is 0.334. The van der Waals surface area contributed by atoms with Crippen LogP contribution >= 0.6 is 11.6 Å². The first-order valence-corrected chi connectivity index (χ1v) is 9.29. The molecular weight excluding hydrogens is 404 g/mol. The van der Waals surface area contributed by atoms with E-state index in [0.29, 0.717) is 28.4 Å². The molecule has 4 amide bonds. The van der Waals surface area contributed by atoms with Gasteiger partial charge >= 0.3 is 6.03 Å². The monoisotopic (exact) mass is 420 g/mol. The summed E-state index contributed by atoms with van der Waals surface area (Å²) in [6, 6.07) is 10.5. The van der Waals surface area contributed by atoms with Crippen LogP contribution in [0.1, 0.15) is 11.1 Å². The van der Waals surface area contributed by atoms with Gasteiger partial charge < -0.3 is 4.74 Å². The molecule has 0 aliphatic carbocycles. The Morgan fingerprint density at radius 1 is 1.17 bits per heavy atom. The fourth-order valence-corrected chi connectivity index (χ4v) is 3.04. The Morgan fingerprint density at radius 2 is 1.90 bits per heavy atom.